The molecule has 0 amide bonds. The third-order valence-electron chi connectivity index (χ3n) is 9.05. The van der Waals surface area contributed by atoms with Gasteiger partial charge in [-0.1, -0.05) is 26.3 Å². The number of ketones is 2. The molecule has 0 aliphatic heterocycles. The molecule has 0 aromatic rings. The molecule has 4 rings (SSSR count). The van der Waals surface area contributed by atoms with Crippen molar-refractivity contribution in [2.24, 2.45) is 34.5 Å². The maximum atomic E-state index is 12.6. The van der Waals surface area contributed by atoms with Crippen molar-refractivity contribution in [2.45, 2.75) is 71.0 Å². The lowest BCUT2D eigenvalue weighted by Gasteiger charge is -2.60. The minimum atomic E-state index is -1.59. The van der Waals surface area contributed by atoms with Crippen LogP contribution in [0, 0.1) is 34.5 Å². The molecule has 0 unspecified atom stereocenters. The fourth-order valence-electron chi connectivity index (χ4n) is 7.74. The molecule has 27 heavy (non-hydrogen) atoms. The van der Waals surface area contributed by atoms with Gasteiger partial charge in [0.2, 0.25) is 0 Å². The van der Waals surface area contributed by atoms with E-state index in [0.717, 1.165) is 25.7 Å². The van der Waals surface area contributed by atoms with Crippen LogP contribution in [0.25, 0.3) is 0 Å². The van der Waals surface area contributed by atoms with Gasteiger partial charge in [0, 0.05) is 11.8 Å². The Bertz CT molecular complexity index is 713. The highest BCUT2D eigenvalue weighted by Crippen LogP contribution is 2.68. The maximum absolute atomic E-state index is 12.6. The topological polar surface area (TPSA) is 94.8 Å². The van der Waals surface area contributed by atoms with Gasteiger partial charge in [-0.25, -0.2) is 0 Å². The van der Waals surface area contributed by atoms with Crippen LogP contribution >= 0.6 is 0 Å². The standard InChI is InChI=1S/C22H32O5/c1-12-8-16-15-5-4-13-9-14(24)6-7-20(13,2)19(15)17(25)10-21(16,3)22(12,27)18(26)11-23/h9,12,15-17,19,23,25,27H,4-8,10-11H2,1-3H3/t12-,15+,16+,17-,19-,20+,21+,22+/m1/s1. The van der Waals surface area contributed by atoms with Crippen LogP contribution in [0.4, 0.5) is 0 Å². The van der Waals surface area contributed by atoms with E-state index in [9.17, 15) is 24.9 Å². The molecule has 150 valence electrons. The number of carbonyl (C=O) groups excluding carboxylic acids is 2. The molecule has 0 saturated heterocycles. The summed E-state index contributed by atoms with van der Waals surface area (Å²) in [7, 11) is 0. The molecule has 4 aliphatic rings. The van der Waals surface area contributed by atoms with Crippen molar-refractivity contribution in [3.05, 3.63) is 11.6 Å². The molecule has 0 aromatic heterocycles. The molecule has 5 nitrogen and oxygen atoms in total. The second-order valence-corrected chi connectivity index (χ2v) is 10.1. The molecule has 0 bridgehead atoms. The molecule has 0 spiro atoms. The summed E-state index contributed by atoms with van der Waals surface area (Å²) in [6.07, 6.45) is 5.32. The number of aliphatic hydroxyl groups is 3. The number of Topliss-reactive ketones (excluding diaryl/α,β-unsaturated/α-hetero) is 1. The Balaban J connectivity index is 1.77. The first kappa shape index (κ1) is 19.3. The molecule has 0 aromatic carbocycles. The Morgan fingerprint density at radius 3 is 2.67 bits per heavy atom. The summed E-state index contributed by atoms with van der Waals surface area (Å²) in [6, 6.07) is 0. The average molecular weight is 376 g/mol. The summed E-state index contributed by atoms with van der Waals surface area (Å²) in [6.45, 7) is 5.36. The van der Waals surface area contributed by atoms with Crippen molar-refractivity contribution in [1.82, 2.24) is 0 Å². The monoisotopic (exact) mass is 376 g/mol. The Labute approximate surface area is 160 Å². The van der Waals surface area contributed by atoms with Crippen LogP contribution in [-0.2, 0) is 9.59 Å². The molecule has 0 radical (unpaired) electrons. The highest BCUT2D eigenvalue weighted by atomic mass is 16.3. The van der Waals surface area contributed by atoms with Gasteiger partial charge in [0.25, 0.3) is 0 Å². The quantitative estimate of drug-likeness (QED) is 0.685. The molecule has 3 saturated carbocycles. The zero-order chi connectivity index (χ0) is 19.8. The van der Waals surface area contributed by atoms with Gasteiger partial charge in [0.05, 0.1) is 6.10 Å². The van der Waals surface area contributed by atoms with Gasteiger partial charge >= 0.3 is 0 Å². The number of rotatable bonds is 2. The fourth-order valence-corrected chi connectivity index (χ4v) is 7.74. The lowest BCUT2D eigenvalue weighted by atomic mass is 9.45. The van der Waals surface area contributed by atoms with E-state index < -0.39 is 29.5 Å². The first-order chi connectivity index (χ1) is 12.6. The smallest absolute Gasteiger partial charge is 0.190 e. The fraction of sp³-hybridized carbons (Fsp3) is 0.818. The van der Waals surface area contributed by atoms with Crippen LogP contribution in [0.3, 0.4) is 0 Å². The van der Waals surface area contributed by atoms with E-state index in [1.54, 1.807) is 0 Å². The second-order valence-electron chi connectivity index (χ2n) is 10.1. The van der Waals surface area contributed by atoms with Gasteiger partial charge in [-0.2, -0.15) is 0 Å². The van der Waals surface area contributed by atoms with Crippen molar-refractivity contribution in [1.29, 1.82) is 0 Å². The van der Waals surface area contributed by atoms with Crippen molar-refractivity contribution in [3.8, 4) is 0 Å². The van der Waals surface area contributed by atoms with Crippen LogP contribution < -0.4 is 0 Å². The normalized spacial score (nSPS) is 51.9. The number of aliphatic hydroxyl groups excluding tert-OH is 2. The number of fused-ring (bicyclic) bond motifs is 5. The Kier molecular flexibility index (Phi) is 4.27. The molecular weight excluding hydrogens is 344 g/mol. The third-order valence-corrected chi connectivity index (χ3v) is 9.05. The molecule has 3 N–H and O–H groups in total. The zero-order valence-electron chi connectivity index (χ0n) is 16.6. The highest BCUT2D eigenvalue weighted by molar-refractivity contribution is 5.92. The summed E-state index contributed by atoms with van der Waals surface area (Å²) in [5.74, 6) is -0.155. The summed E-state index contributed by atoms with van der Waals surface area (Å²) in [5, 5.41) is 32.2. The second kappa shape index (κ2) is 5.98. The van der Waals surface area contributed by atoms with E-state index >= 15 is 0 Å². The van der Waals surface area contributed by atoms with E-state index in [4.69, 9.17) is 0 Å². The predicted molar refractivity (Wildman–Crippen MR) is 99.7 cm³/mol. The van der Waals surface area contributed by atoms with Gasteiger partial charge in [-0.15, -0.1) is 0 Å². The number of carbonyl (C=O) groups is 2. The number of hydrogen-bond acceptors (Lipinski definition) is 5. The van der Waals surface area contributed by atoms with Gasteiger partial charge in [-0.3, -0.25) is 9.59 Å². The van der Waals surface area contributed by atoms with Gasteiger partial charge in [0.15, 0.2) is 11.6 Å². The third kappa shape index (κ3) is 2.28. The summed E-state index contributed by atoms with van der Waals surface area (Å²) >= 11 is 0. The van der Waals surface area contributed by atoms with Crippen molar-refractivity contribution in [2.75, 3.05) is 6.61 Å². The van der Waals surface area contributed by atoms with Crippen LogP contribution in [0.2, 0.25) is 0 Å². The van der Waals surface area contributed by atoms with E-state index in [2.05, 4.69) is 6.92 Å². The van der Waals surface area contributed by atoms with Crippen LogP contribution in [0.1, 0.15) is 59.3 Å². The minimum absolute atomic E-state index is 0.0578. The Morgan fingerprint density at radius 1 is 1.30 bits per heavy atom. The lowest BCUT2D eigenvalue weighted by molar-refractivity contribution is -0.187. The highest BCUT2D eigenvalue weighted by Gasteiger charge is 2.70. The van der Waals surface area contributed by atoms with Crippen molar-refractivity contribution < 1.29 is 24.9 Å². The molecule has 5 heteroatoms. The van der Waals surface area contributed by atoms with Gasteiger partial charge in [0.1, 0.15) is 12.2 Å². The largest absolute Gasteiger partial charge is 0.393 e. The van der Waals surface area contributed by atoms with Crippen molar-refractivity contribution in [3.63, 3.8) is 0 Å². The van der Waals surface area contributed by atoms with Gasteiger partial charge in [-0.05, 0) is 67.3 Å². The average Bonchev–Trinajstić information content (AvgIpc) is 2.82. The first-order valence-electron chi connectivity index (χ1n) is 10.4. The van der Waals surface area contributed by atoms with E-state index in [-0.39, 0.29) is 34.9 Å². The number of allylic oxidation sites excluding steroid dienone is 1. The molecule has 3 fully saturated rings. The lowest BCUT2D eigenvalue weighted by Crippen LogP contribution is -2.63. The molecule has 4 aliphatic carbocycles. The van der Waals surface area contributed by atoms with E-state index in [1.807, 2.05) is 19.9 Å². The SMILES string of the molecule is C[C@@H]1C[C@H]2[C@@H]3CCC4=CC(=O)CC[C@]4(C)[C@H]3[C@H](O)C[C@]2(C)[C@@]1(O)C(=O)CO. The van der Waals surface area contributed by atoms with Gasteiger partial charge < -0.3 is 15.3 Å². The number of hydrogen-bond donors (Lipinski definition) is 3. The first-order valence-corrected chi connectivity index (χ1v) is 10.4. The van der Waals surface area contributed by atoms with Crippen LogP contribution in [0.15, 0.2) is 11.6 Å². The maximum Gasteiger partial charge on any atom is 0.190 e. The Hall–Kier alpha value is -1.04. The molecular formula is C22H32O5. The summed E-state index contributed by atoms with van der Waals surface area (Å²) in [4.78, 5) is 24.5. The predicted octanol–water partition coefficient (Wildman–Crippen LogP) is 2.03. The van der Waals surface area contributed by atoms with Crippen LogP contribution in [-0.4, -0.2) is 45.2 Å². The summed E-state index contributed by atoms with van der Waals surface area (Å²) < 4.78 is 0. The Morgan fingerprint density at radius 2 is 2.00 bits per heavy atom. The van der Waals surface area contributed by atoms with Crippen molar-refractivity contribution >= 4 is 11.6 Å². The minimum Gasteiger partial charge on any atom is -0.393 e. The van der Waals surface area contributed by atoms with E-state index in [0.29, 0.717) is 12.8 Å². The zero-order valence-corrected chi connectivity index (χ0v) is 16.6. The van der Waals surface area contributed by atoms with E-state index in [1.165, 1.54) is 5.57 Å². The molecule has 0 heterocycles. The molecule has 8 atom stereocenters. The van der Waals surface area contributed by atoms with Crippen LogP contribution in [0.5, 0.6) is 0 Å². The summed E-state index contributed by atoms with van der Waals surface area (Å²) in [5.41, 5.74) is -1.31.